The Morgan fingerprint density at radius 1 is 1.21 bits per heavy atom. The summed E-state index contributed by atoms with van der Waals surface area (Å²) in [5.74, 6) is -0.166. The normalized spacial score (nSPS) is 22.7. The molecule has 1 unspecified atom stereocenters. The van der Waals surface area contributed by atoms with Crippen molar-refractivity contribution in [3.63, 3.8) is 0 Å². The summed E-state index contributed by atoms with van der Waals surface area (Å²) in [4.78, 5) is 17.3. The van der Waals surface area contributed by atoms with Gasteiger partial charge in [-0.05, 0) is 18.6 Å². The largest absolute Gasteiger partial charge is 0.337 e. The number of nitrogens with one attached hydrogen (secondary N) is 1. The fourth-order valence-corrected chi connectivity index (χ4v) is 4.60. The summed E-state index contributed by atoms with van der Waals surface area (Å²) < 4.78 is 24.5. The molecule has 1 aromatic carbocycles. The van der Waals surface area contributed by atoms with Crippen LogP contribution in [0.25, 0.3) is 0 Å². The van der Waals surface area contributed by atoms with Crippen LogP contribution in [0.4, 0.5) is 0 Å². The molecule has 1 amide bonds. The molecular weight excluding hydrogens is 326 g/mol. The molecule has 2 saturated heterocycles. The van der Waals surface area contributed by atoms with Crippen LogP contribution in [0.3, 0.4) is 0 Å². The molecule has 0 aromatic heterocycles. The van der Waals surface area contributed by atoms with Crippen molar-refractivity contribution < 1.29 is 13.2 Å². The number of amides is 1. The van der Waals surface area contributed by atoms with Crippen molar-refractivity contribution in [2.45, 2.75) is 24.3 Å². The lowest BCUT2D eigenvalue weighted by molar-refractivity contribution is 0.0769. The van der Waals surface area contributed by atoms with Crippen LogP contribution in [0.2, 0.25) is 0 Å². The number of hydrogen-bond donors (Lipinski definition) is 1. The molecule has 2 fully saturated rings. The molecule has 0 spiro atoms. The summed E-state index contributed by atoms with van der Waals surface area (Å²) in [6.45, 7) is 6.96. The number of carbonyl (C=O) groups excluding carboxylic acids is 1. The fourth-order valence-electron chi connectivity index (χ4n) is 3.51. The molecular formula is C17H25N3O3S. The Morgan fingerprint density at radius 3 is 2.62 bits per heavy atom. The third kappa shape index (κ3) is 3.48. The molecule has 2 aliphatic rings. The lowest BCUT2D eigenvalue weighted by Crippen LogP contribution is -2.49. The molecule has 6 nitrogen and oxygen atoms in total. The third-order valence-electron chi connectivity index (χ3n) is 4.95. The van der Waals surface area contributed by atoms with E-state index in [0.29, 0.717) is 24.7 Å². The summed E-state index contributed by atoms with van der Waals surface area (Å²) >= 11 is 0. The van der Waals surface area contributed by atoms with Crippen LogP contribution in [0.5, 0.6) is 0 Å². The van der Waals surface area contributed by atoms with Crippen molar-refractivity contribution in [1.29, 1.82) is 0 Å². The van der Waals surface area contributed by atoms with E-state index in [9.17, 15) is 13.2 Å². The molecule has 2 aliphatic heterocycles. The molecule has 7 heteroatoms. The van der Waals surface area contributed by atoms with Crippen molar-refractivity contribution in [1.82, 2.24) is 15.1 Å². The van der Waals surface area contributed by atoms with Crippen molar-refractivity contribution >= 4 is 15.7 Å². The second kappa shape index (κ2) is 7.21. The minimum absolute atomic E-state index is 0.000691. The van der Waals surface area contributed by atoms with Crippen LogP contribution in [0.1, 0.15) is 23.7 Å². The number of nitrogens with zero attached hydrogens (tertiary/aromatic N) is 2. The highest BCUT2D eigenvalue weighted by molar-refractivity contribution is 7.91. The molecule has 1 N–H and O–H groups in total. The van der Waals surface area contributed by atoms with Crippen molar-refractivity contribution in [2.75, 3.05) is 45.0 Å². The van der Waals surface area contributed by atoms with E-state index >= 15 is 0 Å². The lowest BCUT2D eigenvalue weighted by atomic mass is 10.2. The van der Waals surface area contributed by atoms with Crippen LogP contribution < -0.4 is 5.32 Å². The second-order valence-electron chi connectivity index (χ2n) is 6.38. The smallest absolute Gasteiger partial charge is 0.255 e. The molecule has 132 valence electrons. The van der Waals surface area contributed by atoms with E-state index in [1.54, 1.807) is 30.0 Å². The van der Waals surface area contributed by atoms with Crippen LogP contribution in [0.15, 0.2) is 29.2 Å². The minimum atomic E-state index is -3.40. The van der Waals surface area contributed by atoms with Gasteiger partial charge in [0.25, 0.3) is 5.91 Å². The van der Waals surface area contributed by atoms with Crippen molar-refractivity contribution in [2.24, 2.45) is 0 Å². The first-order valence-corrected chi connectivity index (χ1v) is 10.2. The third-order valence-corrected chi connectivity index (χ3v) is 6.74. The number of sulfone groups is 1. The maximum atomic E-state index is 12.9. The van der Waals surface area contributed by atoms with Gasteiger partial charge in [0, 0.05) is 45.3 Å². The first-order chi connectivity index (χ1) is 11.5. The molecule has 1 atom stereocenters. The highest BCUT2D eigenvalue weighted by Crippen LogP contribution is 2.23. The van der Waals surface area contributed by atoms with Gasteiger partial charge in [-0.25, -0.2) is 8.42 Å². The van der Waals surface area contributed by atoms with Gasteiger partial charge in [-0.3, -0.25) is 9.69 Å². The quantitative estimate of drug-likeness (QED) is 0.860. The highest BCUT2D eigenvalue weighted by Gasteiger charge is 2.33. The summed E-state index contributed by atoms with van der Waals surface area (Å²) in [5, 5.41) is 3.34. The van der Waals surface area contributed by atoms with E-state index < -0.39 is 9.84 Å². The Labute approximate surface area is 143 Å². The number of rotatable bonds is 4. The first kappa shape index (κ1) is 17.4. The van der Waals surface area contributed by atoms with Gasteiger partial charge in [0.2, 0.25) is 0 Å². The average molecular weight is 351 g/mol. The number of carbonyl (C=O) groups is 1. The number of likely N-dealkylation sites (tertiary alicyclic amines) is 1. The average Bonchev–Trinajstić information content (AvgIpc) is 3.12. The summed E-state index contributed by atoms with van der Waals surface area (Å²) in [7, 11) is -3.40. The van der Waals surface area contributed by atoms with E-state index in [2.05, 4.69) is 10.2 Å². The highest BCUT2D eigenvalue weighted by atomic mass is 32.2. The van der Waals surface area contributed by atoms with Gasteiger partial charge in [-0.1, -0.05) is 19.1 Å². The van der Waals surface area contributed by atoms with Gasteiger partial charge in [0.05, 0.1) is 16.2 Å². The van der Waals surface area contributed by atoms with Gasteiger partial charge in [-0.2, -0.15) is 0 Å². The van der Waals surface area contributed by atoms with Gasteiger partial charge >= 0.3 is 0 Å². The Hall–Kier alpha value is -1.44. The van der Waals surface area contributed by atoms with Crippen molar-refractivity contribution in [3.05, 3.63) is 29.8 Å². The zero-order valence-corrected chi connectivity index (χ0v) is 14.9. The van der Waals surface area contributed by atoms with E-state index in [0.717, 1.165) is 32.6 Å². The molecule has 0 radical (unpaired) electrons. The predicted octanol–water partition coefficient (Wildman–Crippen LogP) is 0.600. The Balaban J connectivity index is 1.76. The van der Waals surface area contributed by atoms with Crippen molar-refractivity contribution in [3.8, 4) is 0 Å². The van der Waals surface area contributed by atoms with E-state index in [4.69, 9.17) is 0 Å². The molecule has 0 bridgehead atoms. The lowest BCUT2D eigenvalue weighted by Gasteiger charge is -2.32. The first-order valence-electron chi connectivity index (χ1n) is 8.59. The zero-order valence-electron chi connectivity index (χ0n) is 14.1. The summed E-state index contributed by atoms with van der Waals surface area (Å²) in [6, 6.07) is 6.95. The Bertz CT molecular complexity index is 699. The minimum Gasteiger partial charge on any atom is -0.337 e. The maximum Gasteiger partial charge on any atom is 0.255 e. The number of hydrogen-bond acceptors (Lipinski definition) is 5. The van der Waals surface area contributed by atoms with Gasteiger partial charge in [0.15, 0.2) is 9.84 Å². The predicted molar refractivity (Wildman–Crippen MR) is 92.9 cm³/mol. The molecule has 24 heavy (non-hydrogen) atoms. The number of benzene rings is 1. The topological polar surface area (TPSA) is 69.7 Å². The van der Waals surface area contributed by atoms with Gasteiger partial charge in [0.1, 0.15) is 0 Å². The fraction of sp³-hybridized carbons (Fsp3) is 0.588. The summed E-state index contributed by atoms with van der Waals surface area (Å²) in [5.41, 5.74) is 0.306. The summed E-state index contributed by atoms with van der Waals surface area (Å²) in [6.07, 6.45) is 0.953. The van der Waals surface area contributed by atoms with E-state index in [1.165, 1.54) is 6.07 Å². The Kier molecular flexibility index (Phi) is 5.22. The standard InChI is InChI=1S/C17H25N3O3S/c1-2-24(22,23)16-6-4-3-5-15(16)17(21)20-10-7-14(13-20)19-11-8-18-9-12-19/h3-6,14,18H,2,7-13H2,1H3. The van der Waals surface area contributed by atoms with Crippen LogP contribution in [0, 0.1) is 0 Å². The second-order valence-corrected chi connectivity index (χ2v) is 8.63. The molecule has 0 aliphatic carbocycles. The van der Waals surface area contributed by atoms with E-state index in [-0.39, 0.29) is 16.6 Å². The Morgan fingerprint density at radius 2 is 1.92 bits per heavy atom. The maximum absolute atomic E-state index is 12.9. The molecule has 2 heterocycles. The van der Waals surface area contributed by atoms with Crippen LogP contribution in [-0.2, 0) is 9.84 Å². The molecule has 0 saturated carbocycles. The van der Waals surface area contributed by atoms with Gasteiger partial charge < -0.3 is 10.2 Å². The molecule has 3 rings (SSSR count). The SMILES string of the molecule is CCS(=O)(=O)c1ccccc1C(=O)N1CCC(N2CCNCC2)C1. The molecule has 1 aromatic rings. The van der Waals surface area contributed by atoms with E-state index in [1.807, 2.05) is 0 Å². The monoisotopic (exact) mass is 351 g/mol. The van der Waals surface area contributed by atoms with Crippen LogP contribution in [-0.4, -0.2) is 75.2 Å². The van der Waals surface area contributed by atoms with Crippen LogP contribution >= 0.6 is 0 Å². The van der Waals surface area contributed by atoms with Gasteiger partial charge in [-0.15, -0.1) is 0 Å². The zero-order chi connectivity index (χ0) is 17.2. The number of piperazine rings is 1.